The molecule has 17 heavy (non-hydrogen) atoms. The number of hydrogen-bond donors (Lipinski definition) is 0. The van der Waals surface area contributed by atoms with Crippen LogP contribution in [-0.4, -0.2) is 23.9 Å². The maximum Gasteiger partial charge on any atom is 0.227 e. The first-order valence-electron chi connectivity index (χ1n) is 5.87. The van der Waals surface area contributed by atoms with Crippen LogP contribution < -0.4 is 0 Å². The van der Waals surface area contributed by atoms with E-state index in [1.165, 1.54) is 0 Å². The number of carbonyl (C=O) groups is 1. The van der Waals surface area contributed by atoms with Gasteiger partial charge >= 0.3 is 0 Å². The molecule has 0 aliphatic rings. The number of aryl methyl sites for hydroxylation is 1. The number of benzene rings is 1. The maximum atomic E-state index is 12.0. The van der Waals surface area contributed by atoms with Crippen molar-refractivity contribution >= 4 is 5.91 Å². The minimum absolute atomic E-state index is 0.0911. The van der Waals surface area contributed by atoms with Crippen molar-refractivity contribution in [2.45, 2.75) is 26.7 Å². The van der Waals surface area contributed by atoms with E-state index in [9.17, 15) is 4.79 Å². The average Bonchev–Trinajstić information content (AvgIpc) is 2.30. The first-order chi connectivity index (χ1) is 8.17. The number of nitriles is 1. The van der Waals surface area contributed by atoms with E-state index in [2.05, 4.69) is 6.07 Å². The smallest absolute Gasteiger partial charge is 0.227 e. The summed E-state index contributed by atoms with van der Waals surface area (Å²) in [5, 5.41) is 8.53. The van der Waals surface area contributed by atoms with Gasteiger partial charge in [0.25, 0.3) is 0 Å². The standard InChI is InChI=1S/C14H18N2O/c1-3-16(9-5-8-15)14(17)11-13-7-4-6-12(2)10-13/h4,6-7,10H,3,5,9,11H2,1-2H3. The van der Waals surface area contributed by atoms with Crippen molar-refractivity contribution < 1.29 is 4.79 Å². The lowest BCUT2D eigenvalue weighted by atomic mass is 10.1. The van der Waals surface area contributed by atoms with Crippen LogP contribution in [0.25, 0.3) is 0 Å². The highest BCUT2D eigenvalue weighted by molar-refractivity contribution is 5.78. The normalized spacial score (nSPS) is 9.71. The molecule has 0 fully saturated rings. The molecule has 0 spiro atoms. The Morgan fingerprint density at radius 2 is 2.24 bits per heavy atom. The molecule has 3 nitrogen and oxygen atoms in total. The zero-order chi connectivity index (χ0) is 12.7. The minimum Gasteiger partial charge on any atom is -0.342 e. The predicted octanol–water partition coefficient (Wildman–Crippen LogP) is 2.30. The number of hydrogen-bond acceptors (Lipinski definition) is 2. The Morgan fingerprint density at radius 1 is 1.47 bits per heavy atom. The summed E-state index contributed by atoms with van der Waals surface area (Å²) in [5.74, 6) is 0.0911. The van der Waals surface area contributed by atoms with Gasteiger partial charge in [0.15, 0.2) is 0 Å². The van der Waals surface area contributed by atoms with Crippen LogP contribution >= 0.6 is 0 Å². The van der Waals surface area contributed by atoms with Gasteiger partial charge in [-0.25, -0.2) is 0 Å². The van der Waals surface area contributed by atoms with Gasteiger partial charge in [0.1, 0.15) is 0 Å². The van der Waals surface area contributed by atoms with Crippen LogP contribution in [0.1, 0.15) is 24.5 Å². The van der Waals surface area contributed by atoms with Gasteiger partial charge < -0.3 is 4.90 Å². The molecular weight excluding hydrogens is 212 g/mol. The van der Waals surface area contributed by atoms with Crippen LogP contribution in [0.4, 0.5) is 0 Å². The largest absolute Gasteiger partial charge is 0.342 e. The van der Waals surface area contributed by atoms with E-state index in [0.717, 1.165) is 11.1 Å². The molecule has 0 atom stereocenters. The van der Waals surface area contributed by atoms with E-state index in [-0.39, 0.29) is 5.91 Å². The van der Waals surface area contributed by atoms with E-state index in [1.54, 1.807) is 4.90 Å². The van der Waals surface area contributed by atoms with Gasteiger partial charge in [0.05, 0.1) is 18.9 Å². The summed E-state index contributed by atoms with van der Waals surface area (Å²) in [6, 6.07) is 10.0. The van der Waals surface area contributed by atoms with Crippen molar-refractivity contribution in [2.75, 3.05) is 13.1 Å². The Morgan fingerprint density at radius 3 is 2.82 bits per heavy atom. The quantitative estimate of drug-likeness (QED) is 0.779. The lowest BCUT2D eigenvalue weighted by Crippen LogP contribution is -2.32. The van der Waals surface area contributed by atoms with Crippen LogP contribution in [0.3, 0.4) is 0 Å². The van der Waals surface area contributed by atoms with E-state index in [4.69, 9.17) is 5.26 Å². The second-order valence-electron chi connectivity index (χ2n) is 4.05. The molecular formula is C14H18N2O. The third kappa shape index (κ3) is 4.28. The summed E-state index contributed by atoms with van der Waals surface area (Å²) in [7, 11) is 0. The Kier molecular flexibility index (Phi) is 5.22. The molecule has 0 aliphatic heterocycles. The minimum atomic E-state index is 0.0911. The molecule has 0 unspecified atom stereocenters. The van der Waals surface area contributed by atoms with Crippen LogP contribution in [0.5, 0.6) is 0 Å². The molecule has 3 heteroatoms. The third-order valence-electron chi connectivity index (χ3n) is 2.67. The fourth-order valence-corrected chi connectivity index (χ4v) is 1.75. The summed E-state index contributed by atoms with van der Waals surface area (Å²) in [4.78, 5) is 13.7. The molecule has 0 saturated carbocycles. The Hall–Kier alpha value is -1.82. The zero-order valence-corrected chi connectivity index (χ0v) is 10.4. The van der Waals surface area contributed by atoms with Crippen molar-refractivity contribution in [1.29, 1.82) is 5.26 Å². The highest BCUT2D eigenvalue weighted by Gasteiger charge is 2.11. The molecule has 1 amide bonds. The maximum absolute atomic E-state index is 12.0. The molecule has 0 bridgehead atoms. The Labute approximate surface area is 103 Å². The van der Waals surface area contributed by atoms with E-state index in [0.29, 0.717) is 25.9 Å². The molecule has 90 valence electrons. The third-order valence-corrected chi connectivity index (χ3v) is 2.67. The number of nitrogens with zero attached hydrogens (tertiary/aromatic N) is 2. The molecule has 0 saturated heterocycles. The molecule has 1 aromatic carbocycles. The molecule has 0 radical (unpaired) electrons. The summed E-state index contributed by atoms with van der Waals surface area (Å²) in [6.07, 6.45) is 0.814. The first kappa shape index (κ1) is 13.2. The SMILES string of the molecule is CCN(CCC#N)C(=O)Cc1cccc(C)c1. The van der Waals surface area contributed by atoms with E-state index >= 15 is 0 Å². The van der Waals surface area contributed by atoms with Crippen LogP contribution in [0.15, 0.2) is 24.3 Å². The van der Waals surface area contributed by atoms with Gasteiger partial charge in [-0.3, -0.25) is 4.79 Å². The van der Waals surface area contributed by atoms with Gasteiger partial charge in [-0.05, 0) is 19.4 Å². The molecule has 0 heterocycles. The van der Waals surface area contributed by atoms with E-state index < -0.39 is 0 Å². The number of carbonyl (C=O) groups excluding carboxylic acids is 1. The second-order valence-corrected chi connectivity index (χ2v) is 4.05. The van der Waals surface area contributed by atoms with Crippen molar-refractivity contribution in [3.05, 3.63) is 35.4 Å². The molecule has 0 aromatic heterocycles. The monoisotopic (exact) mass is 230 g/mol. The van der Waals surface area contributed by atoms with Crippen molar-refractivity contribution in [3.8, 4) is 6.07 Å². The van der Waals surface area contributed by atoms with Gasteiger partial charge in [-0.1, -0.05) is 29.8 Å². The predicted molar refractivity (Wildman–Crippen MR) is 67.4 cm³/mol. The second kappa shape index (κ2) is 6.70. The highest BCUT2D eigenvalue weighted by atomic mass is 16.2. The van der Waals surface area contributed by atoms with Crippen LogP contribution in [0.2, 0.25) is 0 Å². The average molecular weight is 230 g/mol. The molecule has 1 rings (SSSR count). The Bertz CT molecular complexity index is 420. The Balaban J connectivity index is 2.61. The number of rotatable bonds is 5. The first-order valence-corrected chi connectivity index (χ1v) is 5.87. The zero-order valence-electron chi connectivity index (χ0n) is 10.4. The summed E-state index contributed by atoms with van der Waals surface area (Å²) in [6.45, 7) is 5.14. The molecule has 1 aromatic rings. The van der Waals surface area contributed by atoms with Crippen molar-refractivity contribution in [2.24, 2.45) is 0 Å². The summed E-state index contributed by atoms with van der Waals surface area (Å²) in [5.41, 5.74) is 2.20. The van der Waals surface area contributed by atoms with Crippen LogP contribution in [-0.2, 0) is 11.2 Å². The fraction of sp³-hybridized carbons (Fsp3) is 0.429. The van der Waals surface area contributed by atoms with Gasteiger partial charge in [-0.15, -0.1) is 0 Å². The number of likely N-dealkylation sites (N-methyl/N-ethyl adjacent to an activating group) is 1. The summed E-state index contributed by atoms with van der Waals surface area (Å²) >= 11 is 0. The topological polar surface area (TPSA) is 44.1 Å². The van der Waals surface area contributed by atoms with Crippen molar-refractivity contribution in [3.63, 3.8) is 0 Å². The van der Waals surface area contributed by atoms with Crippen LogP contribution in [0, 0.1) is 18.3 Å². The van der Waals surface area contributed by atoms with Gasteiger partial charge in [-0.2, -0.15) is 5.26 Å². The molecule has 0 N–H and O–H groups in total. The van der Waals surface area contributed by atoms with Gasteiger partial charge in [0, 0.05) is 13.1 Å². The van der Waals surface area contributed by atoms with Gasteiger partial charge in [0.2, 0.25) is 5.91 Å². The lowest BCUT2D eigenvalue weighted by Gasteiger charge is -2.19. The van der Waals surface area contributed by atoms with E-state index in [1.807, 2.05) is 38.1 Å². The lowest BCUT2D eigenvalue weighted by molar-refractivity contribution is -0.130. The fourth-order valence-electron chi connectivity index (χ4n) is 1.75. The highest BCUT2D eigenvalue weighted by Crippen LogP contribution is 2.07. The van der Waals surface area contributed by atoms with Crippen molar-refractivity contribution in [1.82, 2.24) is 4.90 Å². The molecule has 0 aliphatic carbocycles. The summed E-state index contributed by atoms with van der Waals surface area (Å²) < 4.78 is 0. The number of amides is 1.